The van der Waals surface area contributed by atoms with Crippen LogP contribution < -0.4 is 10.5 Å². The molecule has 0 aliphatic heterocycles. The van der Waals surface area contributed by atoms with E-state index in [0.717, 1.165) is 5.56 Å². The lowest BCUT2D eigenvalue weighted by Crippen LogP contribution is -2.07. The molecule has 0 aliphatic rings. The van der Waals surface area contributed by atoms with Gasteiger partial charge in [0, 0.05) is 11.1 Å². The molecule has 0 saturated heterocycles. The van der Waals surface area contributed by atoms with Gasteiger partial charge in [0.1, 0.15) is 5.82 Å². The Kier molecular flexibility index (Phi) is 3.94. The third kappa shape index (κ3) is 2.51. The van der Waals surface area contributed by atoms with E-state index in [1.54, 1.807) is 36.2 Å². The van der Waals surface area contributed by atoms with Gasteiger partial charge in [-0.05, 0) is 19.0 Å². The maximum Gasteiger partial charge on any atom is 0.215 e. The van der Waals surface area contributed by atoms with Gasteiger partial charge in [0.2, 0.25) is 5.88 Å². The van der Waals surface area contributed by atoms with E-state index in [1.807, 2.05) is 0 Å². The monoisotopic (exact) mass is 249 g/mol. The van der Waals surface area contributed by atoms with E-state index in [-0.39, 0.29) is 5.82 Å². The van der Waals surface area contributed by atoms with Gasteiger partial charge in [-0.3, -0.25) is 0 Å². The first-order valence-electron chi connectivity index (χ1n) is 5.78. The van der Waals surface area contributed by atoms with Gasteiger partial charge in [-0.25, -0.2) is 9.07 Å². The summed E-state index contributed by atoms with van der Waals surface area (Å²) >= 11 is 0. The number of nitrogens with zero attached hydrogens (tertiary/aromatic N) is 2. The molecule has 1 heterocycles. The van der Waals surface area contributed by atoms with Gasteiger partial charge in [0.15, 0.2) is 0 Å². The van der Waals surface area contributed by atoms with Crippen LogP contribution in [0.3, 0.4) is 0 Å². The predicted octanol–water partition coefficient (Wildman–Crippen LogP) is 1.58. The molecule has 0 bridgehead atoms. The molecule has 96 valence electrons. The van der Waals surface area contributed by atoms with E-state index in [0.29, 0.717) is 31.0 Å². The summed E-state index contributed by atoms with van der Waals surface area (Å²) in [6.45, 7) is 0.877. The lowest BCUT2D eigenvalue weighted by molar-refractivity contribution is 0.361. The molecule has 5 heteroatoms. The summed E-state index contributed by atoms with van der Waals surface area (Å²) < 4.78 is 20.5. The summed E-state index contributed by atoms with van der Waals surface area (Å²) in [7, 11) is 1.58. The Morgan fingerprint density at radius 3 is 2.78 bits per heavy atom. The van der Waals surface area contributed by atoms with E-state index >= 15 is 0 Å². The molecule has 0 amide bonds. The smallest absolute Gasteiger partial charge is 0.215 e. The summed E-state index contributed by atoms with van der Waals surface area (Å²) in [6, 6.07) is 6.64. The van der Waals surface area contributed by atoms with Gasteiger partial charge in [-0.2, -0.15) is 5.10 Å². The highest BCUT2D eigenvalue weighted by Gasteiger charge is 2.12. The Hall–Kier alpha value is -1.88. The molecule has 0 atom stereocenters. The van der Waals surface area contributed by atoms with E-state index in [9.17, 15) is 4.39 Å². The fraction of sp³-hybridized carbons (Fsp3) is 0.308. The van der Waals surface area contributed by atoms with Crippen LogP contribution >= 0.6 is 0 Å². The number of nitrogens with two attached hydrogens (primary N) is 1. The van der Waals surface area contributed by atoms with Gasteiger partial charge >= 0.3 is 0 Å². The quantitative estimate of drug-likeness (QED) is 0.875. The largest absolute Gasteiger partial charge is 0.481 e. The molecule has 0 saturated carbocycles. The van der Waals surface area contributed by atoms with Gasteiger partial charge in [-0.1, -0.05) is 18.2 Å². The van der Waals surface area contributed by atoms with Crippen molar-refractivity contribution in [2.24, 2.45) is 5.73 Å². The molecule has 4 nitrogen and oxygen atoms in total. The van der Waals surface area contributed by atoms with Crippen LogP contribution in [0.1, 0.15) is 11.1 Å². The number of benzene rings is 1. The van der Waals surface area contributed by atoms with Crippen molar-refractivity contribution >= 4 is 0 Å². The topological polar surface area (TPSA) is 53.1 Å². The molecule has 2 rings (SSSR count). The highest BCUT2D eigenvalue weighted by Crippen LogP contribution is 2.20. The van der Waals surface area contributed by atoms with Crippen LogP contribution in [0.25, 0.3) is 0 Å². The minimum atomic E-state index is -0.240. The molecular weight excluding hydrogens is 233 g/mol. The molecule has 1 aromatic carbocycles. The molecule has 0 spiro atoms. The SMILES string of the molecule is COc1c(CCN)cnn1Cc1ccccc1F. The molecule has 1 aromatic heterocycles. The molecule has 0 fully saturated rings. The Morgan fingerprint density at radius 2 is 2.11 bits per heavy atom. The minimum Gasteiger partial charge on any atom is -0.481 e. The van der Waals surface area contributed by atoms with E-state index in [2.05, 4.69) is 5.10 Å². The van der Waals surface area contributed by atoms with Gasteiger partial charge in [-0.15, -0.1) is 0 Å². The first-order chi connectivity index (χ1) is 8.76. The van der Waals surface area contributed by atoms with Gasteiger partial charge in [0.05, 0.1) is 19.9 Å². The van der Waals surface area contributed by atoms with Crippen molar-refractivity contribution < 1.29 is 9.13 Å². The van der Waals surface area contributed by atoms with Crippen molar-refractivity contribution in [1.82, 2.24) is 9.78 Å². The Morgan fingerprint density at radius 1 is 1.33 bits per heavy atom. The molecule has 18 heavy (non-hydrogen) atoms. The molecular formula is C13H16FN3O. The number of halogens is 1. The van der Waals surface area contributed by atoms with Gasteiger partial charge < -0.3 is 10.5 Å². The van der Waals surface area contributed by atoms with E-state index in [1.165, 1.54) is 6.07 Å². The third-order valence-corrected chi connectivity index (χ3v) is 2.75. The van der Waals surface area contributed by atoms with Crippen LogP contribution in [0.2, 0.25) is 0 Å². The fourth-order valence-electron chi connectivity index (χ4n) is 1.88. The maximum absolute atomic E-state index is 13.6. The Balaban J connectivity index is 2.27. The highest BCUT2D eigenvalue weighted by molar-refractivity contribution is 5.26. The lowest BCUT2D eigenvalue weighted by atomic mass is 10.2. The van der Waals surface area contributed by atoms with Crippen molar-refractivity contribution in [2.75, 3.05) is 13.7 Å². The standard InChI is InChI=1S/C13H16FN3O/c1-18-13-10(6-7-15)8-16-17(13)9-11-4-2-3-5-12(11)14/h2-5,8H,6-7,9,15H2,1H3. The number of hydrogen-bond acceptors (Lipinski definition) is 3. The number of methoxy groups -OCH3 is 1. The van der Waals surface area contributed by atoms with Crippen LogP contribution in [0, 0.1) is 5.82 Å². The summed E-state index contributed by atoms with van der Waals surface area (Å²) in [4.78, 5) is 0. The summed E-state index contributed by atoms with van der Waals surface area (Å²) in [6.07, 6.45) is 2.41. The van der Waals surface area contributed by atoms with Crippen LogP contribution in [0.5, 0.6) is 5.88 Å². The lowest BCUT2D eigenvalue weighted by Gasteiger charge is -2.08. The molecule has 2 N–H and O–H groups in total. The second-order valence-electron chi connectivity index (χ2n) is 3.97. The molecule has 0 unspecified atom stereocenters. The number of ether oxygens (including phenoxy) is 1. The van der Waals surface area contributed by atoms with Crippen molar-refractivity contribution in [3.05, 3.63) is 47.4 Å². The third-order valence-electron chi connectivity index (χ3n) is 2.75. The van der Waals surface area contributed by atoms with Crippen LogP contribution in [0.4, 0.5) is 4.39 Å². The van der Waals surface area contributed by atoms with Crippen LogP contribution in [-0.4, -0.2) is 23.4 Å². The van der Waals surface area contributed by atoms with Gasteiger partial charge in [0.25, 0.3) is 0 Å². The zero-order valence-corrected chi connectivity index (χ0v) is 10.3. The van der Waals surface area contributed by atoms with Crippen molar-refractivity contribution in [3.63, 3.8) is 0 Å². The molecule has 0 radical (unpaired) electrons. The zero-order chi connectivity index (χ0) is 13.0. The van der Waals surface area contributed by atoms with E-state index in [4.69, 9.17) is 10.5 Å². The summed E-state index contributed by atoms with van der Waals surface area (Å²) in [5.74, 6) is 0.402. The molecule has 0 aliphatic carbocycles. The summed E-state index contributed by atoms with van der Waals surface area (Å²) in [5.41, 5.74) is 7.04. The second kappa shape index (κ2) is 5.64. The van der Waals surface area contributed by atoms with Crippen molar-refractivity contribution in [2.45, 2.75) is 13.0 Å². The normalized spacial score (nSPS) is 10.6. The average Bonchev–Trinajstić information content (AvgIpc) is 2.75. The summed E-state index contributed by atoms with van der Waals surface area (Å²) in [5, 5.41) is 4.21. The first-order valence-corrected chi connectivity index (χ1v) is 5.78. The Labute approximate surface area is 105 Å². The number of aromatic nitrogens is 2. The fourth-order valence-corrected chi connectivity index (χ4v) is 1.88. The predicted molar refractivity (Wildman–Crippen MR) is 67.0 cm³/mol. The van der Waals surface area contributed by atoms with Crippen molar-refractivity contribution in [3.8, 4) is 5.88 Å². The molecule has 2 aromatic rings. The highest BCUT2D eigenvalue weighted by atomic mass is 19.1. The number of rotatable bonds is 5. The maximum atomic E-state index is 13.6. The second-order valence-corrected chi connectivity index (χ2v) is 3.97. The first kappa shape index (κ1) is 12.6. The average molecular weight is 249 g/mol. The van der Waals surface area contributed by atoms with Crippen LogP contribution in [0.15, 0.2) is 30.5 Å². The van der Waals surface area contributed by atoms with Crippen LogP contribution in [-0.2, 0) is 13.0 Å². The van der Waals surface area contributed by atoms with E-state index < -0.39 is 0 Å². The zero-order valence-electron chi connectivity index (χ0n) is 10.3. The minimum absolute atomic E-state index is 0.240. The van der Waals surface area contributed by atoms with Crippen molar-refractivity contribution in [1.29, 1.82) is 0 Å². The number of hydrogen-bond donors (Lipinski definition) is 1. The Bertz CT molecular complexity index is 525.